The third kappa shape index (κ3) is 2.75. The van der Waals surface area contributed by atoms with Gasteiger partial charge in [0, 0.05) is 19.6 Å². The fourth-order valence-corrected chi connectivity index (χ4v) is 2.73. The summed E-state index contributed by atoms with van der Waals surface area (Å²) >= 11 is 1.68. The number of nitrogens with zero attached hydrogens (tertiary/aromatic N) is 3. The minimum absolute atomic E-state index is 0.429. The number of hydrogen-bond acceptors (Lipinski definition) is 6. The highest BCUT2D eigenvalue weighted by Crippen LogP contribution is 2.25. The third-order valence-electron chi connectivity index (χ3n) is 3.04. The molecule has 2 aromatic heterocycles. The lowest BCUT2D eigenvalue weighted by atomic mass is 10.3. The first-order valence-corrected chi connectivity index (χ1v) is 7.19. The summed E-state index contributed by atoms with van der Waals surface area (Å²) in [6, 6.07) is 6.06. The Morgan fingerprint density at radius 3 is 2.84 bits per heavy atom. The molecule has 100 valence electrons. The maximum absolute atomic E-state index is 5.74. The van der Waals surface area contributed by atoms with Gasteiger partial charge in [0.15, 0.2) is 0 Å². The molecular formula is C13H16N4OS. The molecule has 0 saturated carbocycles. The summed E-state index contributed by atoms with van der Waals surface area (Å²) in [7, 11) is 0. The Morgan fingerprint density at radius 1 is 1.32 bits per heavy atom. The van der Waals surface area contributed by atoms with E-state index in [1.165, 1.54) is 0 Å². The van der Waals surface area contributed by atoms with Crippen LogP contribution in [0.15, 0.2) is 23.6 Å². The molecule has 19 heavy (non-hydrogen) atoms. The average Bonchev–Trinajstić information content (AvgIpc) is 3.02. The van der Waals surface area contributed by atoms with E-state index in [-0.39, 0.29) is 0 Å². The Kier molecular flexibility index (Phi) is 3.72. The molecule has 0 radical (unpaired) electrons. The first-order chi connectivity index (χ1) is 9.36. The summed E-state index contributed by atoms with van der Waals surface area (Å²) in [5, 5.41) is 2.05. The Bertz CT molecular complexity index is 538. The molecule has 1 aliphatic rings. The van der Waals surface area contributed by atoms with Gasteiger partial charge >= 0.3 is 0 Å². The van der Waals surface area contributed by atoms with Crippen molar-refractivity contribution in [2.24, 2.45) is 5.73 Å². The molecule has 1 fully saturated rings. The molecule has 6 heteroatoms. The second-order valence-electron chi connectivity index (χ2n) is 4.33. The van der Waals surface area contributed by atoms with Crippen LogP contribution in [0.5, 0.6) is 0 Å². The van der Waals surface area contributed by atoms with Gasteiger partial charge in [0.05, 0.1) is 29.5 Å². The van der Waals surface area contributed by atoms with E-state index >= 15 is 0 Å². The van der Waals surface area contributed by atoms with Crippen molar-refractivity contribution >= 4 is 17.3 Å². The Balaban J connectivity index is 1.97. The molecule has 3 heterocycles. The van der Waals surface area contributed by atoms with Crippen LogP contribution in [-0.2, 0) is 11.3 Å². The van der Waals surface area contributed by atoms with Gasteiger partial charge in [-0.15, -0.1) is 11.3 Å². The zero-order valence-electron chi connectivity index (χ0n) is 10.6. The molecule has 0 unspecified atom stereocenters. The molecular weight excluding hydrogens is 260 g/mol. The van der Waals surface area contributed by atoms with Gasteiger partial charge in [-0.1, -0.05) is 6.07 Å². The second kappa shape index (κ2) is 5.64. The van der Waals surface area contributed by atoms with Gasteiger partial charge < -0.3 is 15.4 Å². The van der Waals surface area contributed by atoms with E-state index in [1.807, 2.05) is 17.5 Å². The minimum atomic E-state index is 0.429. The van der Waals surface area contributed by atoms with Crippen molar-refractivity contribution in [3.63, 3.8) is 0 Å². The van der Waals surface area contributed by atoms with Crippen molar-refractivity contribution in [2.75, 3.05) is 31.2 Å². The van der Waals surface area contributed by atoms with Crippen LogP contribution in [0.2, 0.25) is 0 Å². The van der Waals surface area contributed by atoms with Crippen molar-refractivity contribution in [3.8, 4) is 10.6 Å². The predicted octanol–water partition coefficient (Wildman–Crippen LogP) is 1.50. The molecule has 0 aliphatic carbocycles. The van der Waals surface area contributed by atoms with Gasteiger partial charge in [-0.3, -0.25) is 0 Å². The fraction of sp³-hybridized carbons (Fsp3) is 0.385. The van der Waals surface area contributed by atoms with Crippen molar-refractivity contribution < 1.29 is 4.74 Å². The van der Waals surface area contributed by atoms with Crippen LogP contribution >= 0.6 is 11.3 Å². The molecule has 2 aromatic rings. The Labute approximate surface area is 116 Å². The smallest absolute Gasteiger partial charge is 0.226 e. The summed E-state index contributed by atoms with van der Waals surface area (Å²) < 4.78 is 5.36. The number of ether oxygens (including phenoxy) is 1. The summed E-state index contributed by atoms with van der Waals surface area (Å²) in [5.41, 5.74) is 7.57. The number of hydrogen-bond donors (Lipinski definition) is 1. The maximum Gasteiger partial charge on any atom is 0.226 e. The van der Waals surface area contributed by atoms with Gasteiger partial charge in [-0.05, 0) is 17.5 Å². The lowest BCUT2D eigenvalue weighted by Gasteiger charge is -2.27. The highest BCUT2D eigenvalue weighted by Gasteiger charge is 2.16. The van der Waals surface area contributed by atoms with Crippen molar-refractivity contribution in [3.05, 3.63) is 29.3 Å². The number of thiophene rings is 1. The first-order valence-electron chi connectivity index (χ1n) is 6.31. The normalized spacial score (nSPS) is 15.7. The van der Waals surface area contributed by atoms with Gasteiger partial charge in [-0.25, -0.2) is 9.97 Å². The van der Waals surface area contributed by atoms with E-state index in [2.05, 4.69) is 20.9 Å². The average molecular weight is 276 g/mol. The zero-order valence-corrected chi connectivity index (χ0v) is 11.4. The van der Waals surface area contributed by atoms with Crippen molar-refractivity contribution in [1.29, 1.82) is 0 Å². The van der Waals surface area contributed by atoms with Crippen LogP contribution < -0.4 is 10.6 Å². The van der Waals surface area contributed by atoms with Crippen LogP contribution in [0.4, 0.5) is 5.95 Å². The highest BCUT2D eigenvalue weighted by atomic mass is 32.1. The molecule has 0 atom stereocenters. The van der Waals surface area contributed by atoms with E-state index in [4.69, 9.17) is 10.5 Å². The largest absolute Gasteiger partial charge is 0.378 e. The summed E-state index contributed by atoms with van der Waals surface area (Å²) in [5.74, 6) is 0.759. The van der Waals surface area contributed by atoms with Crippen LogP contribution in [-0.4, -0.2) is 36.3 Å². The third-order valence-corrected chi connectivity index (χ3v) is 3.94. The van der Waals surface area contributed by atoms with Crippen LogP contribution in [0.1, 0.15) is 5.69 Å². The first kappa shape index (κ1) is 12.5. The van der Waals surface area contributed by atoms with E-state index < -0.39 is 0 Å². The lowest BCUT2D eigenvalue weighted by Crippen LogP contribution is -2.37. The topological polar surface area (TPSA) is 64.3 Å². The number of anilines is 1. The standard InChI is InChI=1S/C13H16N4OS/c14-9-10-8-11(12-2-1-7-19-12)16-13(15-10)17-3-5-18-6-4-17/h1-2,7-8H,3-6,9,14H2. The quantitative estimate of drug-likeness (QED) is 0.920. The number of nitrogens with two attached hydrogens (primary N) is 1. The molecule has 3 rings (SSSR count). The number of morpholine rings is 1. The molecule has 0 aromatic carbocycles. The molecule has 1 saturated heterocycles. The van der Waals surface area contributed by atoms with E-state index in [1.54, 1.807) is 11.3 Å². The Morgan fingerprint density at radius 2 is 2.16 bits per heavy atom. The van der Waals surface area contributed by atoms with Gasteiger partial charge in [0.1, 0.15) is 0 Å². The number of rotatable bonds is 3. The SMILES string of the molecule is NCc1cc(-c2cccs2)nc(N2CCOCC2)n1. The molecule has 0 amide bonds. The second-order valence-corrected chi connectivity index (χ2v) is 5.27. The predicted molar refractivity (Wildman–Crippen MR) is 76.3 cm³/mol. The molecule has 0 spiro atoms. The summed E-state index contributed by atoms with van der Waals surface area (Å²) in [6.07, 6.45) is 0. The van der Waals surface area contributed by atoms with Crippen LogP contribution in [0.3, 0.4) is 0 Å². The van der Waals surface area contributed by atoms with Crippen LogP contribution in [0, 0.1) is 0 Å². The fourth-order valence-electron chi connectivity index (χ4n) is 2.04. The highest BCUT2D eigenvalue weighted by molar-refractivity contribution is 7.13. The van der Waals surface area contributed by atoms with Gasteiger partial charge in [0.25, 0.3) is 0 Å². The van der Waals surface area contributed by atoms with Crippen molar-refractivity contribution in [2.45, 2.75) is 6.54 Å². The van der Waals surface area contributed by atoms with E-state index in [0.717, 1.165) is 48.5 Å². The van der Waals surface area contributed by atoms with E-state index in [0.29, 0.717) is 6.54 Å². The molecule has 2 N–H and O–H groups in total. The van der Waals surface area contributed by atoms with Gasteiger partial charge in [-0.2, -0.15) is 0 Å². The molecule has 5 nitrogen and oxygen atoms in total. The Hall–Kier alpha value is -1.50. The monoisotopic (exact) mass is 276 g/mol. The molecule has 0 bridgehead atoms. The summed E-state index contributed by atoms with van der Waals surface area (Å²) in [6.45, 7) is 3.54. The zero-order chi connectivity index (χ0) is 13.1. The van der Waals surface area contributed by atoms with E-state index in [9.17, 15) is 0 Å². The lowest BCUT2D eigenvalue weighted by molar-refractivity contribution is 0.122. The summed E-state index contributed by atoms with van der Waals surface area (Å²) in [4.78, 5) is 12.5. The maximum atomic E-state index is 5.74. The van der Waals surface area contributed by atoms with Crippen LogP contribution in [0.25, 0.3) is 10.6 Å². The molecule has 1 aliphatic heterocycles. The van der Waals surface area contributed by atoms with Gasteiger partial charge in [0.2, 0.25) is 5.95 Å². The minimum Gasteiger partial charge on any atom is -0.378 e. The van der Waals surface area contributed by atoms with Crippen molar-refractivity contribution in [1.82, 2.24) is 9.97 Å². The number of aromatic nitrogens is 2.